The molecule has 0 unspecified atom stereocenters. The highest BCUT2D eigenvalue weighted by Gasteiger charge is 2.24. The Morgan fingerprint density at radius 2 is 1.61 bits per heavy atom. The first-order chi connectivity index (χ1) is 8.67. The van der Waals surface area contributed by atoms with Gasteiger partial charge in [-0.2, -0.15) is 11.8 Å². The maximum absolute atomic E-state index is 5.53. The van der Waals surface area contributed by atoms with Gasteiger partial charge in [0.2, 0.25) is 0 Å². The molecule has 0 rings (SSSR count). The highest BCUT2D eigenvalue weighted by Crippen LogP contribution is 2.29. The van der Waals surface area contributed by atoms with Gasteiger partial charge in [-0.25, -0.2) is 0 Å². The number of hydrogen-bond acceptors (Lipinski definition) is 4. The number of rotatable bonds is 12. The van der Waals surface area contributed by atoms with Crippen LogP contribution in [0.15, 0.2) is 0 Å². The van der Waals surface area contributed by atoms with E-state index >= 15 is 0 Å². The van der Waals surface area contributed by atoms with Crippen LogP contribution < -0.4 is 5.32 Å². The molecule has 0 atom stereocenters. The molecular weight excluding hydrogens is 246 g/mol. The van der Waals surface area contributed by atoms with Crippen LogP contribution in [0.4, 0.5) is 0 Å². The van der Waals surface area contributed by atoms with Gasteiger partial charge in [0.25, 0.3) is 0 Å². The highest BCUT2D eigenvalue weighted by molar-refractivity contribution is 8.00. The van der Waals surface area contributed by atoms with Crippen LogP contribution in [0.2, 0.25) is 0 Å². The molecule has 0 bridgehead atoms. The summed E-state index contributed by atoms with van der Waals surface area (Å²) >= 11 is 1.97. The Morgan fingerprint density at radius 3 is 2.00 bits per heavy atom. The largest absolute Gasteiger partial charge is 0.353 e. The quantitative estimate of drug-likeness (QED) is 0.438. The van der Waals surface area contributed by atoms with Crippen molar-refractivity contribution < 1.29 is 9.47 Å². The molecule has 0 aromatic heterocycles. The van der Waals surface area contributed by atoms with Crippen molar-refractivity contribution in [2.75, 3.05) is 32.6 Å². The van der Waals surface area contributed by atoms with Crippen molar-refractivity contribution in [1.82, 2.24) is 5.32 Å². The van der Waals surface area contributed by atoms with Gasteiger partial charge in [0, 0.05) is 37.5 Å². The summed E-state index contributed by atoms with van der Waals surface area (Å²) in [6, 6.07) is 0. The maximum Gasteiger partial charge on any atom is 0.158 e. The Bertz CT molecular complexity index is 172. The normalized spacial score (nSPS) is 12.3. The van der Waals surface area contributed by atoms with E-state index in [-0.39, 0.29) is 6.29 Å². The van der Waals surface area contributed by atoms with Crippen molar-refractivity contribution in [2.45, 2.75) is 58.0 Å². The fourth-order valence-electron chi connectivity index (χ4n) is 1.98. The summed E-state index contributed by atoms with van der Waals surface area (Å²) in [5, 5.41) is 3.55. The monoisotopic (exact) mass is 277 g/mol. The van der Waals surface area contributed by atoms with Crippen LogP contribution in [-0.4, -0.2) is 43.6 Å². The third-order valence-corrected chi connectivity index (χ3v) is 5.02. The fraction of sp³-hybridized carbons (Fsp3) is 1.00. The van der Waals surface area contributed by atoms with E-state index < -0.39 is 0 Å². The van der Waals surface area contributed by atoms with Crippen molar-refractivity contribution >= 4 is 11.8 Å². The van der Waals surface area contributed by atoms with Crippen LogP contribution in [0.3, 0.4) is 0 Å². The van der Waals surface area contributed by atoms with Crippen molar-refractivity contribution in [3.63, 3.8) is 0 Å². The lowest BCUT2D eigenvalue weighted by Gasteiger charge is -2.30. The summed E-state index contributed by atoms with van der Waals surface area (Å²) in [7, 11) is 0. The number of nitrogens with one attached hydrogen (secondary N) is 1. The first-order valence-electron chi connectivity index (χ1n) is 7.17. The summed E-state index contributed by atoms with van der Waals surface area (Å²) in [6.07, 6.45) is 5.48. The molecule has 4 heteroatoms. The Hall–Kier alpha value is 0.230. The molecular formula is C14H31NO2S. The molecule has 0 aliphatic rings. The topological polar surface area (TPSA) is 30.5 Å². The second-order valence-electron chi connectivity index (χ2n) is 4.40. The highest BCUT2D eigenvalue weighted by atomic mass is 32.2. The number of ether oxygens (including phenoxy) is 2. The van der Waals surface area contributed by atoms with Gasteiger partial charge in [-0.05, 0) is 32.9 Å². The van der Waals surface area contributed by atoms with E-state index in [0.717, 1.165) is 19.5 Å². The van der Waals surface area contributed by atoms with Gasteiger partial charge >= 0.3 is 0 Å². The molecule has 0 heterocycles. The molecule has 0 spiro atoms. The molecule has 0 aliphatic heterocycles. The Kier molecular flexibility index (Phi) is 11.2. The average Bonchev–Trinajstić information content (AvgIpc) is 2.40. The van der Waals surface area contributed by atoms with Crippen molar-refractivity contribution in [1.29, 1.82) is 0 Å². The Balaban J connectivity index is 3.87. The van der Waals surface area contributed by atoms with Gasteiger partial charge in [-0.1, -0.05) is 13.8 Å². The van der Waals surface area contributed by atoms with E-state index in [1.165, 1.54) is 12.8 Å². The van der Waals surface area contributed by atoms with Crippen LogP contribution >= 0.6 is 11.8 Å². The molecule has 3 nitrogen and oxygen atoms in total. The van der Waals surface area contributed by atoms with Gasteiger partial charge in [0.15, 0.2) is 6.29 Å². The minimum atomic E-state index is -0.0561. The first kappa shape index (κ1) is 18.2. The average molecular weight is 277 g/mol. The summed E-state index contributed by atoms with van der Waals surface area (Å²) in [5.74, 6) is 0. The molecule has 0 saturated heterocycles. The van der Waals surface area contributed by atoms with E-state index in [1.54, 1.807) is 0 Å². The van der Waals surface area contributed by atoms with Crippen molar-refractivity contribution in [3.05, 3.63) is 0 Å². The minimum absolute atomic E-state index is 0.0561. The lowest BCUT2D eigenvalue weighted by atomic mass is 10.0. The zero-order chi connectivity index (χ0) is 13.9. The zero-order valence-corrected chi connectivity index (χ0v) is 13.6. The van der Waals surface area contributed by atoms with Gasteiger partial charge in [0.05, 0.1) is 0 Å². The van der Waals surface area contributed by atoms with Gasteiger partial charge in [-0.15, -0.1) is 0 Å². The molecule has 0 amide bonds. The smallest absolute Gasteiger partial charge is 0.158 e. The van der Waals surface area contributed by atoms with Crippen LogP contribution in [-0.2, 0) is 9.47 Å². The summed E-state index contributed by atoms with van der Waals surface area (Å²) in [6.45, 7) is 12.0. The van der Waals surface area contributed by atoms with Gasteiger partial charge < -0.3 is 14.8 Å². The van der Waals surface area contributed by atoms with E-state index in [2.05, 4.69) is 25.4 Å². The molecule has 1 N–H and O–H groups in total. The van der Waals surface area contributed by atoms with Crippen LogP contribution in [0, 0.1) is 0 Å². The fourth-order valence-corrected chi connectivity index (χ4v) is 2.81. The van der Waals surface area contributed by atoms with Gasteiger partial charge in [0.1, 0.15) is 0 Å². The third-order valence-electron chi connectivity index (χ3n) is 3.43. The van der Waals surface area contributed by atoms with Gasteiger partial charge in [-0.3, -0.25) is 0 Å². The zero-order valence-electron chi connectivity index (χ0n) is 12.8. The second-order valence-corrected chi connectivity index (χ2v) is 5.67. The van der Waals surface area contributed by atoms with E-state index in [1.807, 2.05) is 25.6 Å². The standard InChI is InChI=1S/C14H31NO2S/c1-6-14(7-2,18-5)12-15-11-10-13(16-8-3)17-9-4/h13,15H,6-12H2,1-5H3. The lowest BCUT2D eigenvalue weighted by Crippen LogP contribution is -2.38. The van der Waals surface area contributed by atoms with E-state index in [0.29, 0.717) is 18.0 Å². The summed E-state index contributed by atoms with van der Waals surface area (Å²) < 4.78 is 11.4. The molecule has 0 aliphatic carbocycles. The Morgan fingerprint density at radius 1 is 1.06 bits per heavy atom. The van der Waals surface area contributed by atoms with Crippen molar-refractivity contribution in [3.8, 4) is 0 Å². The summed E-state index contributed by atoms with van der Waals surface area (Å²) in [4.78, 5) is 0. The second kappa shape index (κ2) is 11.1. The number of hydrogen-bond donors (Lipinski definition) is 1. The molecule has 0 fully saturated rings. The molecule has 0 aromatic rings. The van der Waals surface area contributed by atoms with E-state index in [9.17, 15) is 0 Å². The summed E-state index contributed by atoms with van der Waals surface area (Å²) in [5.41, 5.74) is 0. The van der Waals surface area contributed by atoms with Crippen LogP contribution in [0.1, 0.15) is 47.0 Å². The van der Waals surface area contributed by atoms with Crippen LogP contribution in [0.25, 0.3) is 0 Å². The minimum Gasteiger partial charge on any atom is -0.353 e. The molecule has 110 valence electrons. The Labute approximate surface area is 117 Å². The maximum atomic E-state index is 5.53. The lowest BCUT2D eigenvalue weighted by molar-refractivity contribution is -0.138. The van der Waals surface area contributed by atoms with Crippen molar-refractivity contribution in [2.24, 2.45) is 0 Å². The predicted molar refractivity (Wildman–Crippen MR) is 81.4 cm³/mol. The molecule has 18 heavy (non-hydrogen) atoms. The molecule has 0 saturated carbocycles. The third kappa shape index (κ3) is 6.98. The van der Waals surface area contributed by atoms with E-state index in [4.69, 9.17) is 9.47 Å². The first-order valence-corrected chi connectivity index (χ1v) is 8.39. The predicted octanol–water partition coefficient (Wildman–Crippen LogP) is 3.29. The SMILES string of the molecule is CCOC(CCNCC(CC)(CC)SC)OCC. The molecule has 0 radical (unpaired) electrons. The number of thioether (sulfide) groups is 1. The molecule has 0 aromatic carbocycles. The van der Waals surface area contributed by atoms with Crippen LogP contribution in [0.5, 0.6) is 0 Å².